The highest BCUT2D eigenvalue weighted by Crippen LogP contribution is 2.18. The summed E-state index contributed by atoms with van der Waals surface area (Å²) in [5.74, 6) is -0.551. The summed E-state index contributed by atoms with van der Waals surface area (Å²) >= 11 is 0. The Labute approximate surface area is 129 Å². The predicted molar refractivity (Wildman–Crippen MR) is 82.0 cm³/mol. The van der Waals surface area contributed by atoms with E-state index in [-0.39, 0.29) is 18.1 Å². The number of ketones is 1. The quantitative estimate of drug-likeness (QED) is 0.738. The second-order valence-electron chi connectivity index (χ2n) is 5.07. The van der Waals surface area contributed by atoms with Crippen molar-refractivity contribution in [1.82, 2.24) is 4.57 Å². The van der Waals surface area contributed by atoms with Gasteiger partial charge in [-0.05, 0) is 32.0 Å². The zero-order valence-corrected chi connectivity index (χ0v) is 13.1. The van der Waals surface area contributed by atoms with Crippen LogP contribution < -0.4 is 4.74 Å². The van der Waals surface area contributed by atoms with Crippen molar-refractivity contribution in [1.29, 1.82) is 0 Å². The lowest BCUT2D eigenvalue weighted by atomic mass is 10.1. The van der Waals surface area contributed by atoms with E-state index in [1.807, 2.05) is 24.5 Å². The molecule has 0 aliphatic rings. The SMILES string of the molecule is COCCn1c(C)cc(C(=O)COc2ccccc2F)c1C. The first kappa shape index (κ1) is 16.2. The minimum Gasteiger partial charge on any atom is -0.482 e. The Balaban J connectivity index is 2.08. The van der Waals surface area contributed by atoms with Crippen LogP contribution in [0.3, 0.4) is 0 Å². The number of nitrogens with zero attached hydrogens (tertiary/aromatic N) is 1. The molecule has 0 aliphatic heterocycles. The normalized spacial score (nSPS) is 10.7. The monoisotopic (exact) mass is 305 g/mol. The van der Waals surface area contributed by atoms with Gasteiger partial charge in [-0.15, -0.1) is 0 Å². The summed E-state index contributed by atoms with van der Waals surface area (Å²) in [6.45, 7) is 4.91. The molecule has 1 aromatic carbocycles. The molecule has 0 amide bonds. The summed E-state index contributed by atoms with van der Waals surface area (Å²) < 4.78 is 25.9. The van der Waals surface area contributed by atoms with E-state index in [1.54, 1.807) is 19.2 Å². The van der Waals surface area contributed by atoms with Gasteiger partial charge in [0.05, 0.1) is 6.61 Å². The molecule has 2 aromatic rings. The number of aryl methyl sites for hydroxylation is 1. The molecule has 0 N–H and O–H groups in total. The number of benzene rings is 1. The number of aromatic nitrogens is 1. The van der Waals surface area contributed by atoms with Gasteiger partial charge in [0.25, 0.3) is 0 Å². The number of carbonyl (C=O) groups is 1. The van der Waals surface area contributed by atoms with Crippen molar-refractivity contribution in [3.05, 3.63) is 53.1 Å². The van der Waals surface area contributed by atoms with E-state index < -0.39 is 5.82 Å². The number of methoxy groups -OCH3 is 1. The molecule has 1 aromatic heterocycles. The third kappa shape index (κ3) is 3.54. The molecule has 22 heavy (non-hydrogen) atoms. The smallest absolute Gasteiger partial charge is 0.202 e. The van der Waals surface area contributed by atoms with Crippen LogP contribution in [0.4, 0.5) is 4.39 Å². The average Bonchev–Trinajstić information content (AvgIpc) is 2.79. The van der Waals surface area contributed by atoms with Crippen molar-refractivity contribution in [2.75, 3.05) is 20.3 Å². The van der Waals surface area contributed by atoms with Crippen LogP contribution in [0.15, 0.2) is 30.3 Å². The van der Waals surface area contributed by atoms with Crippen molar-refractivity contribution < 1.29 is 18.7 Å². The Morgan fingerprint density at radius 1 is 1.27 bits per heavy atom. The molecule has 0 bridgehead atoms. The average molecular weight is 305 g/mol. The van der Waals surface area contributed by atoms with Gasteiger partial charge in [-0.1, -0.05) is 12.1 Å². The number of carbonyl (C=O) groups excluding carboxylic acids is 1. The zero-order valence-electron chi connectivity index (χ0n) is 13.1. The Kier molecular flexibility index (Phi) is 5.33. The Hall–Kier alpha value is -2.14. The number of Topliss-reactive ketones (excluding diaryl/α,β-unsaturated/α-hetero) is 1. The van der Waals surface area contributed by atoms with Crippen LogP contribution in [-0.4, -0.2) is 30.7 Å². The maximum Gasteiger partial charge on any atom is 0.202 e. The van der Waals surface area contributed by atoms with Crippen molar-refractivity contribution in [3.63, 3.8) is 0 Å². The van der Waals surface area contributed by atoms with E-state index in [0.717, 1.165) is 11.4 Å². The largest absolute Gasteiger partial charge is 0.482 e. The number of para-hydroxylation sites is 1. The van der Waals surface area contributed by atoms with E-state index in [2.05, 4.69) is 0 Å². The molecule has 0 radical (unpaired) electrons. The van der Waals surface area contributed by atoms with Crippen LogP contribution in [0.1, 0.15) is 21.7 Å². The maximum absolute atomic E-state index is 13.5. The molecule has 0 saturated carbocycles. The van der Waals surface area contributed by atoms with Crippen LogP contribution in [0.25, 0.3) is 0 Å². The second kappa shape index (κ2) is 7.22. The lowest BCUT2D eigenvalue weighted by molar-refractivity contribution is 0.0918. The summed E-state index contributed by atoms with van der Waals surface area (Å²) in [5, 5.41) is 0. The molecule has 0 unspecified atom stereocenters. The molecule has 5 heteroatoms. The summed E-state index contributed by atoms with van der Waals surface area (Å²) in [7, 11) is 1.64. The number of halogens is 1. The minimum atomic E-state index is -0.471. The van der Waals surface area contributed by atoms with E-state index in [1.165, 1.54) is 12.1 Å². The number of hydrogen-bond donors (Lipinski definition) is 0. The zero-order chi connectivity index (χ0) is 16.1. The van der Waals surface area contributed by atoms with Crippen LogP contribution >= 0.6 is 0 Å². The molecule has 2 rings (SSSR count). The van der Waals surface area contributed by atoms with Gasteiger partial charge in [-0.2, -0.15) is 0 Å². The lowest BCUT2D eigenvalue weighted by Gasteiger charge is -2.09. The molecular formula is C17H20FNO3. The molecule has 0 atom stereocenters. The van der Waals surface area contributed by atoms with Crippen molar-refractivity contribution in [2.24, 2.45) is 0 Å². The highest BCUT2D eigenvalue weighted by atomic mass is 19.1. The summed E-state index contributed by atoms with van der Waals surface area (Å²) in [5.41, 5.74) is 2.46. The van der Waals surface area contributed by atoms with Gasteiger partial charge in [-0.3, -0.25) is 4.79 Å². The maximum atomic E-state index is 13.5. The molecule has 4 nitrogen and oxygen atoms in total. The van der Waals surface area contributed by atoms with Gasteiger partial charge in [0.15, 0.2) is 18.2 Å². The summed E-state index contributed by atoms with van der Waals surface area (Å²) in [4.78, 5) is 12.3. The Bertz CT molecular complexity index is 664. The fourth-order valence-corrected chi connectivity index (χ4v) is 2.39. The number of rotatable bonds is 7. The van der Waals surface area contributed by atoms with Gasteiger partial charge in [0, 0.05) is 30.6 Å². The van der Waals surface area contributed by atoms with E-state index >= 15 is 0 Å². The minimum absolute atomic E-state index is 0.0871. The molecule has 0 fully saturated rings. The van der Waals surface area contributed by atoms with Crippen LogP contribution in [0.2, 0.25) is 0 Å². The molecule has 0 aliphatic carbocycles. The predicted octanol–water partition coefficient (Wildman–Crippen LogP) is 3.15. The Morgan fingerprint density at radius 3 is 2.68 bits per heavy atom. The third-order valence-corrected chi connectivity index (χ3v) is 3.59. The molecule has 0 saturated heterocycles. The van der Waals surface area contributed by atoms with E-state index in [4.69, 9.17) is 9.47 Å². The van der Waals surface area contributed by atoms with E-state index in [9.17, 15) is 9.18 Å². The summed E-state index contributed by atoms with van der Waals surface area (Å²) in [6.07, 6.45) is 0. The molecule has 118 valence electrons. The first-order valence-corrected chi connectivity index (χ1v) is 7.10. The van der Waals surface area contributed by atoms with Gasteiger partial charge in [0.2, 0.25) is 5.78 Å². The van der Waals surface area contributed by atoms with Gasteiger partial charge in [0.1, 0.15) is 0 Å². The highest BCUT2D eigenvalue weighted by molar-refractivity contribution is 5.98. The lowest BCUT2D eigenvalue weighted by Crippen LogP contribution is -2.14. The van der Waals surface area contributed by atoms with Crippen LogP contribution in [0.5, 0.6) is 5.75 Å². The fourth-order valence-electron chi connectivity index (χ4n) is 2.39. The third-order valence-electron chi connectivity index (χ3n) is 3.59. The van der Waals surface area contributed by atoms with Gasteiger partial charge < -0.3 is 14.0 Å². The van der Waals surface area contributed by atoms with E-state index in [0.29, 0.717) is 18.7 Å². The number of ether oxygens (including phenoxy) is 2. The van der Waals surface area contributed by atoms with Crippen molar-refractivity contribution >= 4 is 5.78 Å². The highest BCUT2D eigenvalue weighted by Gasteiger charge is 2.16. The van der Waals surface area contributed by atoms with Crippen LogP contribution in [-0.2, 0) is 11.3 Å². The Morgan fingerprint density at radius 2 is 2.00 bits per heavy atom. The summed E-state index contributed by atoms with van der Waals surface area (Å²) in [6, 6.07) is 7.88. The van der Waals surface area contributed by atoms with Crippen molar-refractivity contribution in [3.8, 4) is 5.75 Å². The van der Waals surface area contributed by atoms with Gasteiger partial charge in [-0.25, -0.2) is 4.39 Å². The number of hydrogen-bond acceptors (Lipinski definition) is 3. The second-order valence-corrected chi connectivity index (χ2v) is 5.07. The molecular weight excluding hydrogens is 285 g/mol. The van der Waals surface area contributed by atoms with Crippen molar-refractivity contribution in [2.45, 2.75) is 20.4 Å². The topological polar surface area (TPSA) is 40.5 Å². The first-order valence-electron chi connectivity index (χ1n) is 7.10. The first-order chi connectivity index (χ1) is 10.5. The standard InChI is InChI=1S/C17H20FNO3/c1-12-10-14(13(2)19(12)8-9-21-3)16(20)11-22-17-7-5-4-6-15(17)18/h4-7,10H,8-9,11H2,1-3H3. The van der Waals surface area contributed by atoms with Gasteiger partial charge >= 0.3 is 0 Å². The fraction of sp³-hybridized carbons (Fsp3) is 0.353. The van der Waals surface area contributed by atoms with Crippen LogP contribution in [0, 0.1) is 19.7 Å². The molecule has 1 heterocycles. The molecule has 0 spiro atoms.